The van der Waals surface area contributed by atoms with Crippen LogP contribution in [0, 0.1) is 0 Å². The Balaban J connectivity index is 1.90. The number of fused-ring (bicyclic) bond motifs is 1. The van der Waals surface area contributed by atoms with Crippen LogP contribution in [0.3, 0.4) is 0 Å². The molecular weight excluding hydrogens is 497 g/mol. The van der Waals surface area contributed by atoms with E-state index in [0.29, 0.717) is 5.56 Å². The molecule has 0 aliphatic rings. The number of phenolic OH excluding ortho intramolecular Hbond substituents is 1. The highest BCUT2D eigenvalue weighted by atomic mass is 31.2. The van der Waals surface area contributed by atoms with Gasteiger partial charge < -0.3 is 20.5 Å². The summed E-state index contributed by atoms with van der Waals surface area (Å²) in [7, 11) is -3.96. The zero-order valence-electron chi connectivity index (χ0n) is 21.3. The van der Waals surface area contributed by atoms with E-state index in [9.17, 15) is 24.4 Å². The van der Waals surface area contributed by atoms with Crippen molar-refractivity contribution in [3.05, 3.63) is 65.9 Å². The maximum atomic E-state index is 13.6. The van der Waals surface area contributed by atoms with Gasteiger partial charge in [0, 0.05) is 23.5 Å². The van der Waals surface area contributed by atoms with E-state index < -0.39 is 43.9 Å². The molecule has 0 spiro atoms. The number of H-pyrrole nitrogens is 1. The van der Waals surface area contributed by atoms with Gasteiger partial charge in [-0.25, -0.2) is 14.4 Å². The number of nitrogens with one attached hydrogen (secondary N) is 3. The summed E-state index contributed by atoms with van der Waals surface area (Å²) in [5.74, 6) is -1.85. The molecule has 0 aliphatic carbocycles. The Bertz CT molecular complexity index is 1240. The molecule has 0 bridgehead atoms. The molecule has 0 unspecified atom stereocenters. The number of carboxylic acids is 1. The number of amides is 1. The van der Waals surface area contributed by atoms with Gasteiger partial charge in [-0.3, -0.25) is 13.8 Å². The molecule has 1 heterocycles. The fourth-order valence-electron chi connectivity index (χ4n) is 3.89. The minimum Gasteiger partial charge on any atom is -0.508 e. The predicted molar refractivity (Wildman–Crippen MR) is 140 cm³/mol. The second-order valence-corrected chi connectivity index (χ2v) is 11.0. The van der Waals surface area contributed by atoms with Gasteiger partial charge in [-0.05, 0) is 63.4 Å². The first-order valence-electron chi connectivity index (χ1n) is 12.1. The second kappa shape index (κ2) is 12.4. The minimum absolute atomic E-state index is 0.0101. The van der Waals surface area contributed by atoms with Crippen molar-refractivity contribution >= 4 is 30.5 Å². The Hall–Kier alpha value is -3.17. The standard InChI is InChI=1S/C26H34N3O7P/c1-16(2)35-37(34,36-17(3)4)29-23(14-19-15-27-22-8-6-5-7-21(19)22)25(31)28-24(26(32)33)13-18-9-11-20(30)12-10-18/h5-12,15-17,23-24,27,30H,13-14H2,1-4H3,(H,28,31)(H,29,34)(H,32,33)/t23-,24-/m0/s1. The van der Waals surface area contributed by atoms with Crippen molar-refractivity contribution in [1.29, 1.82) is 0 Å². The van der Waals surface area contributed by atoms with E-state index in [1.54, 1.807) is 46.0 Å². The number of benzene rings is 2. The van der Waals surface area contributed by atoms with Crippen molar-refractivity contribution in [2.75, 3.05) is 0 Å². The van der Waals surface area contributed by atoms with Crippen LogP contribution in [0.2, 0.25) is 0 Å². The first-order chi connectivity index (χ1) is 17.5. The number of hydrogen-bond donors (Lipinski definition) is 5. The third-order valence-electron chi connectivity index (χ3n) is 5.42. The van der Waals surface area contributed by atoms with Crippen LogP contribution in [-0.2, 0) is 36.0 Å². The lowest BCUT2D eigenvalue weighted by Crippen LogP contribution is -2.51. The van der Waals surface area contributed by atoms with E-state index in [2.05, 4.69) is 15.4 Å². The van der Waals surface area contributed by atoms with Gasteiger partial charge in [-0.1, -0.05) is 30.3 Å². The van der Waals surface area contributed by atoms with Crippen molar-refractivity contribution in [1.82, 2.24) is 15.4 Å². The normalized spacial score (nSPS) is 13.7. The zero-order valence-corrected chi connectivity index (χ0v) is 22.2. The van der Waals surface area contributed by atoms with Crippen LogP contribution in [0.25, 0.3) is 10.9 Å². The molecule has 37 heavy (non-hydrogen) atoms. The van der Waals surface area contributed by atoms with Gasteiger partial charge in [-0.2, -0.15) is 0 Å². The summed E-state index contributed by atoms with van der Waals surface area (Å²) in [6.45, 7) is 6.80. The lowest BCUT2D eigenvalue weighted by Gasteiger charge is -2.28. The zero-order chi connectivity index (χ0) is 27.2. The Morgan fingerprint density at radius 1 is 0.946 bits per heavy atom. The SMILES string of the molecule is CC(C)OP(=O)(N[C@@H](Cc1c[nH]c2ccccc12)C(=O)N[C@@H](Cc1ccc(O)cc1)C(=O)O)OC(C)C. The topological polar surface area (TPSA) is 150 Å². The Kier molecular flexibility index (Phi) is 9.50. The fraction of sp³-hybridized carbons (Fsp3) is 0.385. The third-order valence-corrected chi connectivity index (χ3v) is 7.45. The van der Waals surface area contributed by atoms with E-state index in [0.717, 1.165) is 16.5 Å². The Morgan fingerprint density at radius 2 is 1.57 bits per heavy atom. The molecule has 0 saturated carbocycles. The molecule has 2 atom stereocenters. The smallest absolute Gasteiger partial charge is 0.406 e. The number of aromatic nitrogens is 1. The van der Waals surface area contributed by atoms with Crippen molar-refractivity contribution in [3.63, 3.8) is 0 Å². The number of carbonyl (C=O) groups excluding carboxylic acids is 1. The first kappa shape index (κ1) is 28.4. The maximum Gasteiger partial charge on any atom is 0.406 e. The molecule has 0 fully saturated rings. The average Bonchev–Trinajstić information content (AvgIpc) is 3.21. The number of para-hydroxylation sites is 1. The summed E-state index contributed by atoms with van der Waals surface area (Å²) in [6.07, 6.45) is 0.915. The molecule has 0 saturated heterocycles. The highest BCUT2D eigenvalue weighted by molar-refractivity contribution is 7.51. The molecule has 3 rings (SSSR count). The lowest BCUT2D eigenvalue weighted by atomic mass is 10.0. The van der Waals surface area contributed by atoms with E-state index >= 15 is 0 Å². The van der Waals surface area contributed by atoms with Crippen LogP contribution in [-0.4, -0.2) is 51.4 Å². The van der Waals surface area contributed by atoms with Crippen molar-refractivity contribution in [3.8, 4) is 5.75 Å². The van der Waals surface area contributed by atoms with Crippen LogP contribution in [0.1, 0.15) is 38.8 Å². The minimum atomic E-state index is -3.96. The molecule has 200 valence electrons. The van der Waals surface area contributed by atoms with Gasteiger partial charge in [0.2, 0.25) is 5.91 Å². The highest BCUT2D eigenvalue weighted by Gasteiger charge is 2.36. The monoisotopic (exact) mass is 531 g/mol. The molecule has 5 N–H and O–H groups in total. The summed E-state index contributed by atoms with van der Waals surface area (Å²) >= 11 is 0. The molecule has 1 aromatic heterocycles. The fourth-order valence-corrected chi connectivity index (χ4v) is 5.76. The van der Waals surface area contributed by atoms with Gasteiger partial charge in [0.05, 0.1) is 12.2 Å². The van der Waals surface area contributed by atoms with Crippen LogP contribution in [0.5, 0.6) is 5.75 Å². The number of hydrogen-bond acceptors (Lipinski definition) is 6. The van der Waals surface area contributed by atoms with Crippen LogP contribution < -0.4 is 10.4 Å². The summed E-state index contributed by atoms with van der Waals surface area (Å²) in [5, 5.41) is 25.5. The van der Waals surface area contributed by atoms with Crippen LogP contribution in [0.15, 0.2) is 54.7 Å². The maximum absolute atomic E-state index is 13.6. The van der Waals surface area contributed by atoms with Crippen molar-refractivity contribution < 1.29 is 33.4 Å². The van der Waals surface area contributed by atoms with Gasteiger partial charge in [0.1, 0.15) is 17.8 Å². The molecule has 0 aliphatic heterocycles. The Labute approximate surface area is 216 Å². The number of aromatic amines is 1. The van der Waals surface area contributed by atoms with Gasteiger partial charge >= 0.3 is 13.7 Å². The molecule has 1 amide bonds. The number of rotatable bonds is 13. The van der Waals surface area contributed by atoms with Gasteiger partial charge in [-0.15, -0.1) is 0 Å². The molecule has 3 aromatic rings. The number of carboxylic acid groups (broad SMARTS) is 1. The van der Waals surface area contributed by atoms with Crippen molar-refractivity contribution in [2.45, 2.75) is 64.8 Å². The first-order valence-corrected chi connectivity index (χ1v) is 13.6. The van der Waals surface area contributed by atoms with E-state index in [1.165, 1.54) is 12.1 Å². The molecule has 11 heteroatoms. The highest BCUT2D eigenvalue weighted by Crippen LogP contribution is 2.47. The lowest BCUT2D eigenvalue weighted by molar-refractivity contribution is -0.142. The number of aromatic hydroxyl groups is 1. The molecular formula is C26H34N3O7P. The van der Waals surface area contributed by atoms with Crippen LogP contribution in [0.4, 0.5) is 0 Å². The molecule has 2 aromatic carbocycles. The molecule has 0 radical (unpaired) electrons. The summed E-state index contributed by atoms with van der Waals surface area (Å²) in [5.41, 5.74) is 2.25. The quantitative estimate of drug-likeness (QED) is 0.207. The number of carbonyl (C=O) groups is 2. The average molecular weight is 532 g/mol. The van der Waals surface area contributed by atoms with Gasteiger partial charge in [0.15, 0.2) is 0 Å². The van der Waals surface area contributed by atoms with E-state index in [1.807, 2.05) is 24.3 Å². The summed E-state index contributed by atoms with van der Waals surface area (Å²) in [6, 6.07) is 11.2. The van der Waals surface area contributed by atoms with Gasteiger partial charge in [0.25, 0.3) is 0 Å². The second-order valence-electron chi connectivity index (χ2n) is 9.32. The Morgan fingerprint density at radius 3 is 2.16 bits per heavy atom. The van der Waals surface area contributed by atoms with E-state index in [-0.39, 0.29) is 18.6 Å². The largest absolute Gasteiger partial charge is 0.508 e. The molecule has 10 nitrogen and oxygen atoms in total. The number of phenols is 1. The predicted octanol–water partition coefficient (Wildman–Crippen LogP) is 4.14. The van der Waals surface area contributed by atoms with E-state index in [4.69, 9.17) is 9.05 Å². The van der Waals surface area contributed by atoms with Crippen molar-refractivity contribution in [2.24, 2.45) is 0 Å². The third kappa shape index (κ3) is 8.16. The number of aliphatic carboxylic acids is 1. The van der Waals surface area contributed by atoms with Crippen LogP contribution >= 0.6 is 7.75 Å². The summed E-state index contributed by atoms with van der Waals surface area (Å²) < 4.78 is 24.8. The summed E-state index contributed by atoms with van der Waals surface area (Å²) in [4.78, 5) is 28.6.